The number of aromatic hydroxyl groups is 1. The highest BCUT2D eigenvalue weighted by Gasteiger charge is 2.23. The Kier molecular flexibility index (Phi) is 3.66. The van der Waals surface area contributed by atoms with Gasteiger partial charge in [-0.05, 0) is 17.8 Å². The minimum Gasteiger partial charge on any atom is -0.507 e. The maximum atomic E-state index is 11.2. The number of nitrogens with one attached hydrogen (secondary N) is 2. The van der Waals surface area contributed by atoms with Gasteiger partial charge in [-0.25, -0.2) is 0 Å². The molecule has 1 heterocycles. The summed E-state index contributed by atoms with van der Waals surface area (Å²) in [4.78, 5) is 11.6. The van der Waals surface area contributed by atoms with Gasteiger partial charge in [0.1, 0.15) is 23.1 Å². The lowest BCUT2D eigenvalue weighted by Gasteiger charge is -2.10. The molecule has 6 nitrogen and oxygen atoms in total. The van der Waals surface area contributed by atoms with Crippen molar-refractivity contribution in [1.29, 1.82) is 5.41 Å². The molecule has 1 amide bonds. The quantitative estimate of drug-likeness (QED) is 0.789. The molecule has 0 unspecified atom stereocenters. The molecule has 3 N–H and O–H groups in total. The Hall–Kier alpha value is -2.15. The standard InChI is InChI=1S/C12H12N2O4S/c1-17-6-3-8(15)7(9(4-6)18-2)5-10-11(13)14-12(16)19-10/h3-5,15H,1-2H3,(H2,13,14,16)/b10-5-. The summed E-state index contributed by atoms with van der Waals surface area (Å²) in [7, 11) is 2.95. The molecule has 1 aliphatic heterocycles. The van der Waals surface area contributed by atoms with E-state index in [1.807, 2.05) is 0 Å². The van der Waals surface area contributed by atoms with Crippen molar-refractivity contribution in [3.8, 4) is 17.2 Å². The van der Waals surface area contributed by atoms with Crippen LogP contribution >= 0.6 is 11.8 Å². The number of rotatable bonds is 3. The van der Waals surface area contributed by atoms with Crippen LogP contribution in [0.25, 0.3) is 6.08 Å². The summed E-state index contributed by atoms with van der Waals surface area (Å²) in [6.45, 7) is 0. The number of ether oxygens (including phenoxy) is 2. The molecule has 0 aliphatic carbocycles. The number of benzene rings is 1. The van der Waals surface area contributed by atoms with Crippen molar-refractivity contribution in [2.75, 3.05) is 14.2 Å². The normalized spacial score (nSPS) is 16.6. The van der Waals surface area contributed by atoms with Crippen LogP contribution < -0.4 is 14.8 Å². The molecule has 1 saturated heterocycles. The molecule has 1 aromatic rings. The summed E-state index contributed by atoms with van der Waals surface area (Å²) in [6.07, 6.45) is 1.53. The molecule has 0 spiro atoms. The van der Waals surface area contributed by atoms with Gasteiger partial charge in [-0.1, -0.05) is 0 Å². The van der Waals surface area contributed by atoms with Gasteiger partial charge < -0.3 is 19.9 Å². The monoisotopic (exact) mass is 280 g/mol. The van der Waals surface area contributed by atoms with Crippen molar-refractivity contribution in [1.82, 2.24) is 5.32 Å². The predicted molar refractivity (Wildman–Crippen MR) is 73.0 cm³/mol. The first-order valence-electron chi connectivity index (χ1n) is 5.29. The fraction of sp³-hybridized carbons (Fsp3) is 0.167. The van der Waals surface area contributed by atoms with E-state index >= 15 is 0 Å². The van der Waals surface area contributed by atoms with Gasteiger partial charge in [0.05, 0.1) is 24.7 Å². The van der Waals surface area contributed by atoms with Crippen LogP contribution in [0.15, 0.2) is 17.0 Å². The lowest BCUT2D eigenvalue weighted by molar-refractivity contribution is 0.265. The molecule has 100 valence electrons. The zero-order valence-corrected chi connectivity index (χ0v) is 11.1. The van der Waals surface area contributed by atoms with E-state index in [2.05, 4.69) is 5.32 Å². The average molecular weight is 280 g/mol. The van der Waals surface area contributed by atoms with E-state index in [9.17, 15) is 9.90 Å². The molecule has 1 fully saturated rings. The van der Waals surface area contributed by atoms with E-state index in [4.69, 9.17) is 14.9 Å². The molecular formula is C12H12N2O4S. The van der Waals surface area contributed by atoms with E-state index in [-0.39, 0.29) is 16.8 Å². The number of carbonyl (C=O) groups excluding carboxylic acids is 1. The zero-order valence-electron chi connectivity index (χ0n) is 10.3. The van der Waals surface area contributed by atoms with Gasteiger partial charge in [0.15, 0.2) is 0 Å². The van der Waals surface area contributed by atoms with Crippen LogP contribution in [0.2, 0.25) is 0 Å². The third-order valence-corrected chi connectivity index (χ3v) is 3.33. The van der Waals surface area contributed by atoms with Gasteiger partial charge >= 0.3 is 0 Å². The van der Waals surface area contributed by atoms with Gasteiger partial charge in [-0.15, -0.1) is 0 Å². The first-order chi connectivity index (χ1) is 9.05. The van der Waals surface area contributed by atoms with E-state index in [0.717, 1.165) is 11.8 Å². The summed E-state index contributed by atoms with van der Waals surface area (Å²) in [6, 6.07) is 3.05. The number of carbonyl (C=O) groups is 1. The number of amidine groups is 1. The Morgan fingerprint density at radius 2 is 2.11 bits per heavy atom. The van der Waals surface area contributed by atoms with Crippen molar-refractivity contribution in [2.45, 2.75) is 0 Å². The van der Waals surface area contributed by atoms with Gasteiger partial charge in [0.2, 0.25) is 0 Å². The first-order valence-corrected chi connectivity index (χ1v) is 6.11. The number of methoxy groups -OCH3 is 2. The number of amides is 1. The second-order valence-corrected chi connectivity index (χ2v) is 4.68. The fourth-order valence-corrected chi connectivity index (χ4v) is 2.27. The summed E-state index contributed by atoms with van der Waals surface area (Å²) < 4.78 is 10.2. The molecule has 19 heavy (non-hydrogen) atoms. The molecule has 1 aliphatic rings. The maximum absolute atomic E-state index is 11.2. The van der Waals surface area contributed by atoms with Crippen LogP contribution in [0.3, 0.4) is 0 Å². The molecule has 1 aromatic carbocycles. The minimum atomic E-state index is -0.316. The van der Waals surface area contributed by atoms with Gasteiger partial charge in [0.25, 0.3) is 5.24 Å². The highest BCUT2D eigenvalue weighted by molar-refractivity contribution is 8.18. The van der Waals surface area contributed by atoms with Crippen molar-refractivity contribution in [3.63, 3.8) is 0 Å². The highest BCUT2D eigenvalue weighted by Crippen LogP contribution is 2.37. The van der Waals surface area contributed by atoms with E-state index in [0.29, 0.717) is 22.0 Å². The largest absolute Gasteiger partial charge is 0.507 e. The van der Waals surface area contributed by atoms with Crippen LogP contribution in [-0.2, 0) is 0 Å². The number of phenolic OH excluding ortho intramolecular Hbond substituents is 1. The zero-order chi connectivity index (χ0) is 14.0. The molecule has 7 heteroatoms. The second-order valence-electron chi connectivity index (χ2n) is 3.66. The van der Waals surface area contributed by atoms with E-state index in [1.54, 1.807) is 6.07 Å². The summed E-state index contributed by atoms with van der Waals surface area (Å²) in [5, 5.41) is 19.6. The summed E-state index contributed by atoms with van der Waals surface area (Å²) >= 11 is 0.895. The highest BCUT2D eigenvalue weighted by atomic mass is 32.2. The molecule has 2 rings (SSSR count). The number of phenols is 1. The smallest absolute Gasteiger partial charge is 0.289 e. The van der Waals surface area contributed by atoms with Crippen molar-refractivity contribution in [2.24, 2.45) is 0 Å². The lowest BCUT2D eigenvalue weighted by Crippen LogP contribution is -2.17. The van der Waals surface area contributed by atoms with Crippen molar-refractivity contribution in [3.05, 3.63) is 22.6 Å². The topological polar surface area (TPSA) is 91.6 Å². The van der Waals surface area contributed by atoms with Crippen molar-refractivity contribution < 1.29 is 19.4 Å². The summed E-state index contributed by atoms with van der Waals surface area (Å²) in [5.41, 5.74) is 0.395. The average Bonchev–Trinajstić information content (AvgIpc) is 2.69. The fourth-order valence-electron chi connectivity index (χ4n) is 1.59. The van der Waals surface area contributed by atoms with Crippen LogP contribution in [-0.4, -0.2) is 30.4 Å². The molecule has 0 atom stereocenters. The Labute approximate surface area is 113 Å². The van der Waals surface area contributed by atoms with Crippen LogP contribution in [0, 0.1) is 5.41 Å². The third-order valence-electron chi connectivity index (χ3n) is 2.50. The Morgan fingerprint density at radius 1 is 1.37 bits per heavy atom. The van der Waals surface area contributed by atoms with Crippen LogP contribution in [0.5, 0.6) is 17.2 Å². The van der Waals surface area contributed by atoms with E-state index < -0.39 is 0 Å². The second kappa shape index (κ2) is 5.23. The number of hydrogen-bond donors (Lipinski definition) is 3. The van der Waals surface area contributed by atoms with Crippen molar-refractivity contribution >= 4 is 28.9 Å². The van der Waals surface area contributed by atoms with Gasteiger partial charge in [-0.2, -0.15) is 0 Å². The predicted octanol–water partition coefficient (Wildman–Crippen LogP) is 2.18. The molecule has 0 radical (unpaired) electrons. The Bertz CT molecular complexity index is 583. The Morgan fingerprint density at radius 3 is 2.63 bits per heavy atom. The van der Waals surface area contributed by atoms with Crippen LogP contribution in [0.1, 0.15) is 5.56 Å². The SMILES string of the molecule is COc1cc(O)c(/C=C2\SC(=O)NC2=N)c(OC)c1. The molecule has 0 bridgehead atoms. The van der Waals surface area contributed by atoms with Crippen LogP contribution in [0.4, 0.5) is 4.79 Å². The summed E-state index contributed by atoms with van der Waals surface area (Å²) in [5.74, 6) is 0.820. The van der Waals surface area contributed by atoms with Gasteiger partial charge in [-0.3, -0.25) is 10.2 Å². The number of thioether (sulfide) groups is 1. The molecule has 0 saturated carbocycles. The molecular weight excluding hydrogens is 268 g/mol. The van der Waals surface area contributed by atoms with E-state index in [1.165, 1.54) is 26.4 Å². The maximum Gasteiger partial charge on any atom is 0.289 e. The number of hydrogen-bond acceptors (Lipinski definition) is 6. The minimum absolute atomic E-state index is 0.00673. The Balaban J connectivity index is 2.48. The molecule has 0 aromatic heterocycles. The third kappa shape index (κ3) is 2.65. The van der Waals surface area contributed by atoms with Gasteiger partial charge in [0, 0.05) is 12.1 Å². The lowest BCUT2D eigenvalue weighted by atomic mass is 10.1. The first kappa shape index (κ1) is 13.3.